The molecular weight excluding hydrogens is 523 g/mol. The number of hydrogen-bond donors (Lipinski definition) is 0. The Balaban J connectivity index is 1.75. The summed E-state index contributed by atoms with van der Waals surface area (Å²) in [6.45, 7) is -0.732. The van der Waals surface area contributed by atoms with Gasteiger partial charge in [-0.2, -0.15) is 0 Å². The average Bonchev–Trinajstić information content (AvgIpc) is 2.91. The number of halogens is 3. The predicted octanol–water partition coefficient (Wildman–Crippen LogP) is 3.31. The third-order valence-electron chi connectivity index (χ3n) is 6.55. The number of benzene rings is 2. The molecule has 0 bridgehead atoms. The largest absolute Gasteiger partial charge is 0.510 e. The van der Waals surface area contributed by atoms with Gasteiger partial charge in [0, 0.05) is 42.9 Å². The molecular formula is C26H22F3N3O7. The molecule has 10 nitrogen and oxygen atoms in total. The second-order valence-electron chi connectivity index (χ2n) is 8.70. The van der Waals surface area contributed by atoms with Crippen molar-refractivity contribution in [1.82, 2.24) is 9.58 Å². The van der Waals surface area contributed by atoms with Crippen LogP contribution in [0, 0.1) is 17.5 Å². The minimum absolute atomic E-state index is 0.00666. The smallest absolute Gasteiger partial charge is 0.493 e. The maximum absolute atomic E-state index is 15.3. The lowest BCUT2D eigenvalue weighted by Crippen LogP contribution is -2.62. The summed E-state index contributed by atoms with van der Waals surface area (Å²) in [5, 5.41) is 1.57. The van der Waals surface area contributed by atoms with Crippen molar-refractivity contribution in [1.29, 1.82) is 0 Å². The molecule has 3 heterocycles. The summed E-state index contributed by atoms with van der Waals surface area (Å²) in [6.07, 6.45) is -0.367. The standard InChI is InChI=1S/C26H22F3N3O7/c1-30-21-8-10-37-20-12-18(29)17(28)11-15(20)22(14-5-3-4-6-16(14)27)32(21)31-9-7-19(33)24(23(31)25(30)34)38-13-39-26(35)36-2/h3-7,9,11-12,21-22H,8,10,13H2,1-2H3/t21-,22+/m1/s1. The average molecular weight is 545 g/mol. The van der Waals surface area contributed by atoms with Crippen LogP contribution in [-0.4, -0.2) is 55.4 Å². The van der Waals surface area contributed by atoms with E-state index in [9.17, 15) is 23.2 Å². The summed E-state index contributed by atoms with van der Waals surface area (Å²) >= 11 is 0. The van der Waals surface area contributed by atoms with Gasteiger partial charge < -0.3 is 23.8 Å². The highest BCUT2D eigenvalue weighted by atomic mass is 19.2. The number of carbonyl (C=O) groups excluding carboxylic acids is 2. The summed E-state index contributed by atoms with van der Waals surface area (Å²) in [5.41, 5.74) is -0.778. The third kappa shape index (κ3) is 4.49. The zero-order valence-electron chi connectivity index (χ0n) is 20.7. The lowest BCUT2D eigenvalue weighted by Gasteiger charge is -2.50. The molecule has 204 valence electrons. The Morgan fingerprint density at radius 2 is 1.79 bits per heavy atom. The van der Waals surface area contributed by atoms with E-state index in [2.05, 4.69) is 4.74 Å². The highest BCUT2D eigenvalue weighted by molar-refractivity contribution is 5.96. The number of pyridine rings is 1. The number of rotatable bonds is 4. The van der Waals surface area contributed by atoms with E-state index in [0.29, 0.717) is 0 Å². The van der Waals surface area contributed by atoms with Gasteiger partial charge in [-0.05, 0) is 12.1 Å². The first-order valence-corrected chi connectivity index (χ1v) is 11.7. The first-order chi connectivity index (χ1) is 18.7. The van der Waals surface area contributed by atoms with Crippen molar-refractivity contribution < 1.29 is 41.7 Å². The van der Waals surface area contributed by atoms with Crippen molar-refractivity contribution in [2.45, 2.75) is 18.6 Å². The van der Waals surface area contributed by atoms with Crippen LogP contribution in [0.1, 0.15) is 34.1 Å². The predicted molar refractivity (Wildman–Crippen MR) is 128 cm³/mol. The number of aromatic nitrogens is 1. The lowest BCUT2D eigenvalue weighted by molar-refractivity contribution is 0.0131. The van der Waals surface area contributed by atoms with Gasteiger partial charge in [0.1, 0.15) is 23.8 Å². The minimum atomic E-state index is -1.18. The summed E-state index contributed by atoms with van der Waals surface area (Å²) in [5.74, 6) is -4.04. The van der Waals surface area contributed by atoms with Crippen LogP contribution in [0.25, 0.3) is 0 Å². The molecule has 1 amide bonds. The molecule has 0 saturated heterocycles. The molecule has 2 aromatic carbocycles. The van der Waals surface area contributed by atoms with Crippen molar-refractivity contribution in [2.75, 3.05) is 32.6 Å². The van der Waals surface area contributed by atoms with E-state index < -0.39 is 59.7 Å². The Labute approximate surface area is 219 Å². The van der Waals surface area contributed by atoms with Gasteiger partial charge in [-0.3, -0.25) is 19.3 Å². The summed E-state index contributed by atoms with van der Waals surface area (Å²) < 4.78 is 65.8. The van der Waals surface area contributed by atoms with Crippen LogP contribution >= 0.6 is 0 Å². The van der Waals surface area contributed by atoms with Gasteiger partial charge >= 0.3 is 6.16 Å². The maximum atomic E-state index is 15.3. The summed E-state index contributed by atoms with van der Waals surface area (Å²) in [6, 6.07) is 7.52. The quantitative estimate of drug-likeness (QED) is 0.364. The first kappa shape index (κ1) is 25.9. The fraction of sp³-hybridized carbons (Fsp3) is 0.269. The van der Waals surface area contributed by atoms with E-state index in [-0.39, 0.29) is 35.6 Å². The Hall–Kier alpha value is -4.68. The SMILES string of the molecule is COC(=O)OCOc1c2n(ccc1=O)N1[C@@H](c3ccccc3F)c3cc(F)c(F)cc3OCC[C@@H]1N(C)C2=O. The van der Waals surface area contributed by atoms with Crippen molar-refractivity contribution in [2.24, 2.45) is 0 Å². The van der Waals surface area contributed by atoms with Gasteiger partial charge in [-0.1, -0.05) is 18.2 Å². The fourth-order valence-electron chi connectivity index (χ4n) is 4.78. The zero-order chi connectivity index (χ0) is 27.8. The van der Waals surface area contributed by atoms with Crippen LogP contribution in [0.5, 0.6) is 11.5 Å². The number of hydrogen-bond acceptors (Lipinski definition) is 8. The van der Waals surface area contributed by atoms with Gasteiger partial charge in [0.2, 0.25) is 18.0 Å². The number of amides is 1. The van der Waals surface area contributed by atoms with E-state index in [1.807, 2.05) is 0 Å². The van der Waals surface area contributed by atoms with Crippen LogP contribution in [0.2, 0.25) is 0 Å². The monoisotopic (exact) mass is 545 g/mol. The van der Waals surface area contributed by atoms with E-state index in [4.69, 9.17) is 14.2 Å². The number of methoxy groups -OCH3 is 1. The number of fused-ring (bicyclic) bond motifs is 4. The maximum Gasteiger partial charge on any atom is 0.510 e. The van der Waals surface area contributed by atoms with Gasteiger partial charge in [-0.15, -0.1) is 0 Å². The molecule has 3 aromatic rings. The van der Waals surface area contributed by atoms with Crippen LogP contribution in [0.4, 0.5) is 18.0 Å². The Bertz CT molecular complexity index is 1510. The molecule has 0 N–H and O–H groups in total. The van der Waals surface area contributed by atoms with Crippen LogP contribution in [0.15, 0.2) is 53.5 Å². The number of ether oxygens (including phenoxy) is 4. The molecule has 2 atom stereocenters. The van der Waals surface area contributed by atoms with Gasteiger partial charge in [-0.25, -0.2) is 18.0 Å². The van der Waals surface area contributed by atoms with E-state index in [1.165, 1.54) is 41.0 Å². The van der Waals surface area contributed by atoms with Crippen molar-refractivity contribution in [3.8, 4) is 11.5 Å². The lowest BCUT2D eigenvalue weighted by atomic mass is 9.94. The molecule has 5 rings (SSSR count). The second kappa shape index (κ2) is 10.2. The molecule has 0 fully saturated rings. The molecule has 0 radical (unpaired) electrons. The van der Waals surface area contributed by atoms with Crippen molar-refractivity contribution in [3.05, 3.63) is 93.2 Å². The first-order valence-electron chi connectivity index (χ1n) is 11.7. The Morgan fingerprint density at radius 3 is 2.54 bits per heavy atom. The molecule has 1 aromatic heterocycles. The van der Waals surface area contributed by atoms with Crippen molar-refractivity contribution in [3.63, 3.8) is 0 Å². The zero-order valence-corrected chi connectivity index (χ0v) is 20.7. The molecule has 2 aliphatic rings. The van der Waals surface area contributed by atoms with Crippen LogP contribution in [-0.2, 0) is 9.47 Å². The van der Waals surface area contributed by atoms with Gasteiger partial charge in [0.25, 0.3) is 5.91 Å². The minimum Gasteiger partial charge on any atom is -0.493 e. The second-order valence-corrected chi connectivity index (χ2v) is 8.70. The van der Waals surface area contributed by atoms with Crippen molar-refractivity contribution >= 4 is 12.1 Å². The highest BCUT2D eigenvalue weighted by Crippen LogP contribution is 2.42. The molecule has 39 heavy (non-hydrogen) atoms. The molecule has 0 spiro atoms. The van der Waals surface area contributed by atoms with Crippen LogP contribution in [0.3, 0.4) is 0 Å². The third-order valence-corrected chi connectivity index (χ3v) is 6.55. The highest BCUT2D eigenvalue weighted by Gasteiger charge is 2.44. The molecule has 2 aliphatic heterocycles. The topological polar surface area (TPSA) is 99.5 Å². The Morgan fingerprint density at radius 1 is 1.05 bits per heavy atom. The number of carbonyl (C=O) groups is 2. The van der Waals surface area contributed by atoms with E-state index in [0.717, 1.165) is 25.3 Å². The van der Waals surface area contributed by atoms with E-state index in [1.54, 1.807) is 11.1 Å². The normalized spacial score (nSPS) is 18.1. The van der Waals surface area contributed by atoms with Crippen LogP contribution < -0.4 is 19.9 Å². The molecule has 0 unspecified atom stereocenters. The van der Waals surface area contributed by atoms with Gasteiger partial charge in [0.05, 0.1) is 13.7 Å². The number of nitrogens with zero attached hydrogens (tertiary/aromatic N) is 3. The summed E-state index contributed by atoms with van der Waals surface area (Å²) in [7, 11) is 2.56. The molecule has 0 saturated carbocycles. The van der Waals surface area contributed by atoms with E-state index >= 15 is 4.39 Å². The summed E-state index contributed by atoms with van der Waals surface area (Å²) in [4.78, 5) is 39.0. The Kier molecular flexibility index (Phi) is 6.81. The molecule has 13 heteroatoms. The van der Waals surface area contributed by atoms with Gasteiger partial charge in [0.15, 0.2) is 17.3 Å². The fourth-order valence-corrected chi connectivity index (χ4v) is 4.78. The molecule has 0 aliphatic carbocycles.